The highest BCUT2D eigenvalue weighted by molar-refractivity contribution is 14.1. The first-order valence-corrected chi connectivity index (χ1v) is 7.33. The molecular formula is C15H15ClIN. The summed E-state index contributed by atoms with van der Waals surface area (Å²) in [5.41, 5.74) is 2.50. The molecule has 2 aromatic rings. The molecule has 1 N–H and O–H groups in total. The lowest BCUT2D eigenvalue weighted by Gasteiger charge is -2.19. The monoisotopic (exact) mass is 371 g/mol. The van der Waals surface area contributed by atoms with Crippen LogP contribution in [-0.2, 0) is 6.42 Å². The quantitative estimate of drug-likeness (QED) is 0.783. The predicted molar refractivity (Wildman–Crippen MR) is 86.1 cm³/mol. The fourth-order valence-electron chi connectivity index (χ4n) is 2.01. The molecule has 3 heteroatoms. The first-order chi connectivity index (χ1) is 8.72. The molecule has 0 amide bonds. The van der Waals surface area contributed by atoms with E-state index in [1.165, 1.54) is 14.7 Å². The van der Waals surface area contributed by atoms with Crippen molar-refractivity contribution in [2.24, 2.45) is 0 Å². The molecule has 0 saturated heterocycles. The maximum atomic E-state index is 6.22. The van der Waals surface area contributed by atoms with Crippen LogP contribution >= 0.6 is 34.2 Å². The molecule has 0 aliphatic rings. The first kappa shape index (κ1) is 13.8. The summed E-state index contributed by atoms with van der Waals surface area (Å²) in [6, 6.07) is 16.8. The van der Waals surface area contributed by atoms with Crippen LogP contribution in [0.5, 0.6) is 0 Å². The second kappa shape index (κ2) is 6.55. The number of hydrogen-bond acceptors (Lipinski definition) is 1. The van der Waals surface area contributed by atoms with Gasteiger partial charge in [-0.05, 0) is 59.3 Å². The van der Waals surface area contributed by atoms with Crippen LogP contribution in [0.25, 0.3) is 0 Å². The molecule has 0 aliphatic heterocycles. The minimum absolute atomic E-state index is 0.290. The average Bonchev–Trinajstić information content (AvgIpc) is 2.39. The fourth-order valence-corrected chi connectivity index (χ4v) is 2.99. The summed E-state index contributed by atoms with van der Waals surface area (Å²) >= 11 is 8.60. The van der Waals surface area contributed by atoms with Crippen molar-refractivity contribution in [3.8, 4) is 0 Å². The Morgan fingerprint density at radius 1 is 1.11 bits per heavy atom. The molecule has 18 heavy (non-hydrogen) atoms. The molecule has 2 aromatic carbocycles. The Labute approximate surface area is 127 Å². The van der Waals surface area contributed by atoms with Crippen molar-refractivity contribution in [1.29, 1.82) is 0 Å². The number of benzene rings is 2. The lowest BCUT2D eigenvalue weighted by Crippen LogP contribution is -2.20. The lowest BCUT2D eigenvalue weighted by atomic mass is 9.99. The summed E-state index contributed by atoms with van der Waals surface area (Å²) in [5.74, 6) is 0. The van der Waals surface area contributed by atoms with E-state index >= 15 is 0 Å². The Morgan fingerprint density at radius 3 is 2.44 bits per heavy atom. The Balaban J connectivity index is 2.26. The first-order valence-electron chi connectivity index (χ1n) is 5.87. The zero-order chi connectivity index (χ0) is 13.0. The predicted octanol–water partition coefficient (Wildman–Crippen LogP) is 4.45. The largest absolute Gasteiger partial charge is 0.313 e. The van der Waals surface area contributed by atoms with Crippen LogP contribution in [-0.4, -0.2) is 7.05 Å². The van der Waals surface area contributed by atoms with Crippen LogP contribution in [0, 0.1) is 3.57 Å². The summed E-state index contributed by atoms with van der Waals surface area (Å²) in [6.07, 6.45) is 0.899. The molecule has 0 aromatic heterocycles. The van der Waals surface area contributed by atoms with Gasteiger partial charge in [-0.3, -0.25) is 0 Å². The van der Waals surface area contributed by atoms with Crippen molar-refractivity contribution in [3.63, 3.8) is 0 Å². The molecule has 2 rings (SSSR count). The van der Waals surface area contributed by atoms with Gasteiger partial charge >= 0.3 is 0 Å². The molecule has 0 heterocycles. The number of halogens is 2. The number of nitrogens with one attached hydrogen (secondary N) is 1. The van der Waals surface area contributed by atoms with E-state index in [9.17, 15) is 0 Å². The molecule has 1 nitrogen and oxygen atoms in total. The van der Waals surface area contributed by atoms with Gasteiger partial charge < -0.3 is 5.32 Å². The topological polar surface area (TPSA) is 12.0 Å². The fraction of sp³-hybridized carbons (Fsp3) is 0.200. The van der Waals surface area contributed by atoms with Crippen molar-refractivity contribution >= 4 is 34.2 Å². The van der Waals surface area contributed by atoms with Gasteiger partial charge in [-0.1, -0.05) is 48.0 Å². The third-order valence-electron chi connectivity index (χ3n) is 3.01. The third-order valence-corrected chi connectivity index (χ3v) is 4.36. The molecule has 1 atom stereocenters. The van der Waals surface area contributed by atoms with Crippen LogP contribution in [0.3, 0.4) is 0 Å². The van der Waals surface area contributed by atoms with E-state index in [0.717, 1.165) is 11.4 Å². The molecule has 0 spiro atoms. The van der Waals surface area contributed by atoms with Crippen molar-refractivity contribution in [2.45, 2.75) is 12.5 Å². The van der Waals surface area contributed by atoms with Crippen LogP contribution < -0.4 is 5.32 Å². The van der Waals surface area contributed by atoms with E-state index in [-0.39, 0.29) is 6.04 Å². The highest BCUT2D eigenvalue weighted by Crippen LogP contribution is 2.26. The third kappa shape index (κ3) is 3.25. The average molecular weight is 372 g/mol. The summed E-state index contributed by atoms with van der Waals surface area (Å²) < 4.78 is 1.28. The molecule has 94 valence electrons. The van der Waals surface area contributed by atoms with E-state index in [0.29, 0.717) is 0 Å². The summed E-state index contributed by atoms with van der Waals surface area (Å²) in [5, 5.41) is 4.21. The van der Waals surface area contributed by atoms with Gasteiger partial charge in [-0.25, -0.2) is 0 Å². The maximum absolute atomic E-state index is 6.22. The van der Waals surface area contributed by atoms with Crippen molar-refractivity contribution < 1.29 is 0 Å². The van der Waals surface area contributed by atoms with E-state index in [1.54, 1.807) is 0 Å². The Kier molecular flexibility index (Phi) is 5.03. The van der Waals surface area contributed by atoms with Gasteiger partial charge in [0.1, 0.15) is 0 Å². The van der Waals surface area contributed by atoms with Crippen molar-refractivity contribution in [1.82, 2.24) is 5.32 Å². The Bertz CT molecular complexity index is 527. The molecule has 1 unspecified atom stereocenters. The highest BCUT2D eigenvalue weighted by atomic mass is 127. The minimum atomic E-state index is 0.290. The SMILES string of the molecule is CNC(Cc1ccccc1Cl)c1ccccc1I. The minimum Gasteiger partial charge on any atom is -0.313 e. The van der Waals surface area contributed by atoms with Gasteiger partial charge in [0.2, 0.25) is 0 Å². The summed E-state index contributed by atoms with van der Waals surface area (Å²) in [7, 11) is 1.99. The van der Waals surface area contributed by atoms with E-state index in [1.807, 2.05) is 25.2 Å². The molecular weight excluding hydrogens is 357 g/mol. The molecule has 0 fully saturated rings. The van der Waals surface area contributed by atoms with Gasteiger partial charge in [-0.15, -0.1) is 0 Å². The van der Waals surface area contributed by atoms with Crippen molar-refractivity contribution in [3.05, 3.63) is 68.3 Å². The standard InChI is InChI=1S/C15H15ClIN/c1-18-15(12-7-3-5-9-14(12)17)10-11-6-2-4-8-13(11)16/h2-9,15,18H,10H2,1H3. The van der Waals surface area contributed by atoms with Gasteiger partial charge in [0.25, 0.3) is 0 Å². The van der Waals surface area contributed by atoms with E-state index in [4.69, 9.17) is 11.6 Å². The second-order valence-corrected chi connectivity index (χ2v) is 5.73. The van der Waals surface area contributed by atoms with Crippen molar-refractivity contribution in [2.75, 3.05) is 7.05 Å². The summed E-state index contributed by atoms with van der Waals surface area (Å²) in [4.78, 5) is 0. The molecule has 0 saturated carbocycles. The Hall–Kier alpha value is -0.580. The maximum Gasteiger partial charge on any atom is 0.0438 e. The highest BCUT2D eigenvalue weighted by Gasteiger charge is 2.14. The van der Waals surface area contributed by atoms with Crippen LogP contribution in [0.15, 0.2) is 48.5 Å². The molecule has 0 aliphatic carbocycles. The van der Waals surface area contributed by atoms with Gasteiger partial charge in [-0.2, -0.15) is 0 Å². The Morgan fingerprint density at radius 2 is 1.78 bits per heavy atom. The number of hydrogen-bond donors (Lipinski definition) is 1. The smallest absolute Gasteiger partial charge is 0.0438 e. The van der Waals surface area contributed by atoms with Gasteiger partial charge in [0, 0.05) is 14.6 Å². The van der Waals surface area contributed by atoms with Crippen LogP contribution in [0.2, 0.25) is 5.02 Å². The van der Waals surface area contributed by atoms with Gasteiger partial charge in [0.05, 0.1) is 0 Å². The van der Waals surface area contributed by atoms with Crippen LogP contribution in [0.1, 0.15) is 17.2 Å². The number of likely N-dealkylation sites (N-methyl/N-ethyl adjacent to an activating group) is 1. The second-order valence-electron chi connectivity index (χ2n) is 4.16. The van der Waals surface area contributed by atoms with E-state index in [2.05, 4.69) is 58.2 Å². The number of rotatable bonds is 4. The molecule has 0 radical (unpaired) electrons. The van der Waals surface area contributed by atoms with Crippen LogP contribution in [0.4, 0.5) is 0 Å². The molecule has 0 bridgehead atoms. The summed E-state index contributed by atoms with van der Waals surface area (Å²) in [6.45, 7) is 0. The zero-order valence-electron chi connectivity index (χ0n) is 10.2. The van der Waals surface area contributed by atoms with Gasteiger partial charge in [0.15, 0.2) is 0 Å². The normalized spacial score (nSPS) is 12.4. The van der Waals surface area contributed by atoms with E-state index < -0.39 is 0 Å². The zero-order valence-corrected chi connectivity index (χ0v) is 13.1. The lowest BCUT2D eigenvalue weighted by molar-refractivity contribution is 0.589.